The number of hydrogen-bond acceptors (Lipinski definition) is 2. The van der Waals surface area contributed by atoms with Crippen molar-refractivity contribution in [2.75, 3.05) is 0 Å². The van der Waals surface area contributed by atoms with Gasteiger partial charge in [-0.1, -0.05) is 20.8 Å². The third kappa shape index (κ3) is 2.14. The molecule has 0 saturated heterocycles. The average Bonchev–Trinajstić information content (AvgIpc) is 1.83. The molecule has 0 aliphatic carbocycles. The molecule has 12 heavy (non-hydrogen) atoms. The first-order valence-electron chi connectivity index (χ1n) is 3.47. The highest BCUT2D eigenvalue weighted by Gasteiger charge is 2.50. The highest BCUT2D eigenvalue weighted by atomic mass is 19.3. The van der Waals surface area contributed by atoms with E-state index in [1.165, 1.54) is 20.8 Å². The molecular formula is C7H13F2NO2. The summed E-state index contributed by atoms with van der Waals surface area (Å²) in [5.74, 6) is -6.04. The lowest BCUT2D eigenvalue weighted by Gasteiger charge is -2.30. The average molecular weight is 181 g/mol. The van der Waals surface area contributed by atoms with Gasteiger partial charge in [-0.05, 0) is 5.41 Å². The Bertz CT molecular complexity index is 186. The largest absolute Gasteiger partial charge is 0.477 e. The second kappa shape index (κ2) is 2.97. The summed E-state index contributed by atoms with van der Waals surface area (Å²) in [5, 5.41) is 8.14. The predicted molar refractivity (Wildman–Crippen MR) is 40.0 cm³/mol. The van der Waals surface area contributed by atoms with E-state index >= 15 is 0 Å². The molecule has 0 rings (SSSR count). The normalized spacial score (nSPS) is 15.8. The van der Waals surface area contributed by atoms with Crippen molar-refractivity contribution in [1.29, 1.82) is 0 Å². The first kappa shape index (κ1) is 11.3. The van der Waals surface area contributed by atoms with Gasteiger partial charge in [0.2, 0.25) is 0 Å². The molecule has 0 aromatic rings. The third-order valence-corrected chi connectivity index (χ3v) is 1.61. The molecule has 0 fully saturated rings. The molecule has 0 heterocycles. The van der Waals surface area contributed by atoms with Gasteiger partial charge in [-0.15, -0.1) is 0 Å². The summed E-state index contributed by atoms with van der Waals surface area (Å²) in [6.45, 7) is 4.40. The number of alkyl halides is 2. The summed E-state index contributed by atoms with van der Waals surface area (Å²) < 4.78 is 25.4. The van der Waals surface area contributed by atoms with Crippen molar-refractivity contribution in [3.8, 4) is 0 Å². The van der Waals surface area contributed by atoms with E-state index in [9.17, 15) is 13.6 Å². The number of aliphatic carboxylic acids is 1. The van der Waals surface area contributed by atoms with Crippen LogP contribution in [-0.2, 0) is 4.79 Å². The van der Waals surface area contributed by atoms with Crippen LogP contribution in [0.5, 0.6) is 0 Å². The van der Waals surface area contributed by atoms with Crippen molar-refractivity contribution in [3.63, 3.8) is 0 Å². The SMILES string of the molecule is CC(C)(C)C(N)C(F)(F)C(=O)O. The highest BCUT2D eigenvalue weighted by Crippen LogP contribution is 2.30. The predicted octanol–water partition coefficient (Wildman–Crippen LogP) is 1.08. The maximum absolute atomic E-state index is 12.7. The zero-order chi connectivity index (χ0) is 10.2. The fourth-order valence-electron chi connectivity index (χ4n) is 0.677. The van der Waals surface area contributed by atoms with E-state index in [2.05, 4.69) is 0 Å². The molecule has 72 valence electrons. The van der Waals surface area contributed by atoms with Gasteiger partial charge in [-0.2, -0.15) is 8.78 Å². The number of carboxylic acids is 1. The van der Waals surface area contributed by atoms with Gasteiger partial charge in [-0.25, -0.2) is 4.79 Å². The molecule has 0 aromatic heterocycles. The van der Waals surface area contributed by atoms with E-state index in [4.69, 9.17) is 10.8 Å². The van der Waals surface area contributed by atoms with Gasteiger partial charge in [0.15, 0.2) is 0 Å². The summed E-state index contributed by atoms with van der Waals surface area (Å²) >= 11 is 0. The number of carbonyl (C=O) groups is 1. The number of carboxylic acid groups (broad SMARTS) is 1. The summed E-state index contributed by atoms with van der Waals surface area (Å²) in [6.07, 6.45) is 0. The molecule has 0 aliphatic rings. The van der Waals surface area contributed by atoms with Crippen LogP contribution < -0.4 is 5.73 Å². The minimum Gasteiger partial charge on any atom is -0.477 e. The van der Waals surface area contributed by atoms with Crippen LogP contribution in [0.2, 0.25) is 0 Å². The number of nitrogens with two attached hydrogens (primary N) is 1. The smallest absolute Gasteiger partial charge is 0.376 e. The van der Waals surface area contributed by atoms with Gasteiger partial charge in [-0.3, -0.25) is 0 Å². The summed E-state index contributed by atoms with van der Waals surface area (Å²) in [5.41, 5.74) is 4.17. The number of halogens is 2. The molecule has 3 nitrogen and oxygen atoms in total. The Morgan fingerprint density at radius 3 is 1.83 bits per heavy atom. The van der Waals surface area contributed by atoms with Crippen LogP contribution in [0, 0.1) is 5.41 Å². The van der Waals surface area contributed by atoms with Gasteiger partial charge in [0.25, 0.3) is 0 Å². The van der Waals surface area contributed by atoms with Crippen molar-refractivity contribution in [2.45, 2.75) is 32.7 Å². The molecule has 0 spiro atoms. The van der Waals surface area contributed by atoms with Crippen LogP contribution in [0.1, 0.15) is 20.8 Å². The van der Waals surface area contributed by atoms with E-state index in [-0.39, 0.29) is 0 Å². The Hall–Kier alpha value is -0.710. The van der Waals surface area contributed by atoms with Crippen LogP contribution in [0.4, 0.5) is 8.78 Å². The second-order valence-corrected chi connectivity index (χ2v) is 3.77. The van der Waals surface area contributed by atoms with Crippen LogP contribution in [0.15, 0.2) is 0 Å². The van der Waals surface area contributed by atoms with Crippen molar-refractivity contribution in [3.05, 3.63) is 0 Å². The Balaban J connectivity index is 4.69. The second-order valence-electron chi connectivity index (χ2n) is 3.77. The maximum atomic E-state index is 12.7. The third-order valence-electron chi connectivity index (χ3n) is 1.61. The Morgan fingerprint density at radius 1 is 1.42 bits per heavy atom. The van der Waals surface area contributed by atoms with E-state index in [1.807, 2.05) is 0 Å². The van der Waals surface area contributed by atoms with E-state index in [1.54, 1.807) is 0 Å². The van der Waals surface area contributed by atoms with Gasteiger partial charge < -0.3 is 10.8 Å². The van der Waals surface area contributed by atoms with Crippen molar-refractivity contribution in [1.82, 2.24) is 0 Å². The molecule has 0 saturated carbocycles. The first-order valence-corrected chi connectivity index (χ1v) is 3.47. The monoisotopic (exact) mass is 181 g/mol. The van der Waals surface area contributed by atoms with Crippen LogP contribution in [0.3, 0.4) is 0 Å². The molecule has 0 aliphatic heterocycles. The van der Waals surface area contributed by atoms with Gasteiger partial charge in [0.1, 0.15) is 0 Å². The van der Waals surface area contributed by atoms with E-state index < -0.39 is 23.3 Å². The quantitative estimate of drug-likeness (QED) is 0.670. The molecule has 0 amide bonds. The standard InChI is InChI=1S/C7H13F2NO2/c1-6(2,3)4(10)7(8,9)5(11)12/h4H,10H2,1-3H3,(H,11,12). The van der Waals surface area contributed by atoms with Crippen molar-refractivity contribution >= 4 is 5.97 Å². The Morgan fingerprint density at radius 2 is 1.75 bits per heavy atom. The number of rotatable bonds is 2. The highest BCUT2D eigenvalue weighted by molar-refractivity contribution is 5.76. The van der Waals surface area contributed by atoms with Gasteiger partial charge in [0.05, 0.1) is 6.04 Å². The van der Waals surface area contributed by atoms with Crippen LogP contribution in [-0.4, -0.2) is 23.0 Å². The maximum Gasteiger partial charge on any atom is 0.376 e. The zero-order valence-electron chi connectivity index (χ0n) is 7.27. The zero-order valence-corrected chi connectivity index (χ0v) is 7.27. The molecule has 5 heteroatoms. The van der Waals surface area contributed by atoms with E-state index in [0.29, 0.717) is 0 Å². The number of hydrogen-bond donors (Lipinski definition) is 2. The fraction of sp³-hybridized carbons (Fsp3) is 0.857. The summed E-state index contributed by atoms with van der Waals surface area (Å²) in [7, 11) is 0. The van der Waals surface area contributed by atoms with Crippen molar-refractivity contribution in [2.24, 2.45) is 11.1 Å². The minimum atomic E-state index is -3.86. The lowest BCUT2D eigenvalue weighted by Crippen LogP contribution is -2.54. The van der Waals surface area contributed by atoms with Crippen LogP contribution >= 0.6 is 0 Å². The molecule has 0 radical (unpaired) electrons. The molecule has 0 aromatic carbocycles. The molecule has 1 unspecified atom stereocenters. The lowest BCUT2D eigenvalue weighted by molar-refractivity contribution is -0.172. The van der Waals surface area contributed by atoms with Gasteiger partial charge >= 0.3 is 11.9 Å². The first-order chi connectivity index (χ1) is 5.10. The Labute approximate surface area is 69.6 Å². The van der Waals surface area contributed by atoms with Crippen LogP contribution in [0.25, 0.3) is 0 Å². The van der Waals surface area contributed by atoms with Gasteiger partial charge in [0, 0.05) is 0 Å². The minimum absolute atomic E-state index is 0.929. The Kier molecular flexibility index (Phi) is 2.79. The summed E-state index contributed by atoms with van der Waals surface area (Å²) in [6, 6.07) is -1.68. The summed E-state index contributed by atoms with van der Waals surface area (Å²) in [4.78, 5) is 10.1. The molecular weight excluding hydrogens is 168 g/mol. The molecule has 1 atom stereocenters. The van der Waals surface area contributed by atoms with Crippen molar-refractivity contribution < 1.29 is 18.7 Å². The topological polar surface area (TPSA) is 63.3 Å². The van der Waals surface area contributed by atoms with E-state index in [0.717, 1.165) is 0 Å². The molecule has 3 N–H and O–H groups in total. The lowest BCUT2D eigenvalue weighted by atomic mass is 9.83. The molecule has 0 bridgehead atoms. The fourth-order valence-corrected chi connectivity index (χ4v) is 0.677.